The monoisotopic (exact) mass is 361 g/mol. The summed E-state index contributed by atoms with van der Waals surface area (Å²) in [7, 11) is 0.0524. The van der Waals surface area contributed by atoms with Crippen LogP contribution in [-0.2, 0) is 0 Å². The van der Waals surface area contributed by atoms with Gasteiger partial charge in [-0.25, -0.2) is 0 Å². The molecule has 0 atom stereocenters. The molecule has 25 heavy (non-hydrogen) atoms. The quantitative estimate of drug-likeness (QED) is 0.234. The lowest BCUT2D eigenvalue weighted by molar-refractivity contribution is 0.439. The van der Waals surface area contributed by atoms with Gasteiger partial charge in [0.25, 0.3) is 0 Å². The molecule has 0 radical (unpaired) electrons. The lowest BCUT2D eigenvalue weighted by atomic mass is 9.26. The second kappa shape index (κ2) is 9.62. The standard InChI is InChI=1S/C23H42BP/c1(2-4-18-24-20-10-6-11-21(24)13-7-12-20)3-5-19-25-22-14-8-15-23(25)17-9-16-22/h20-23H,1-19H2/p+1. The number of hydrogen-bond donors (Lipinski definition) is 0. The molecule has 4 saturated heterocycles. The lowest BCUT2D eigenvalue weighted by Crippen LogP contribution is -2.34. The van der Waals surface area contributed by atoms with Crippen molar-refractivity contribution in [1.82, 2.24) is 0 Å². The minimum absolute atomic E-state index is 0.0524. The van der Waals surface area contributed by atoms with E-state index in [1.807, 2.05) is 0 Å². The van der Waals surface area contributed by atoms with E-state index in [1.165, 1.54) is 11.3 Å². The lowest BCUT2D eigenvalue weighted by Gasteiger charge is -2.40. The zero-order valence-corrected chi connectivity index (χ0v) is 17.8. The van der Waals surface area contributed by atoms with E-state index in [4.69, 9.17) is 0 Å². The first-order valence-corrected chi connectivity index (χ1v) is 14.1. The van der Waals surface area contributed by atoms with Gasteiger partial charge < -0.3 is 0 Å². The van der Waals surface area contributed by atoms with Crippen molar-refractivity contribution >= 4 is 14.6 Å². The van der Waals surface area contributed by atoms with Gasteiger partial charge in [-0.1, -0.05) is 75.7 Å². The molecular formula is C23H43BP+. The van der Waals surface area contributed by atoms with Crippen molar-refractivity contribution in [3.05, 3.63) is 0 Å². The van der Waals surface area contributed by atoms with Crippen molar-refractivity contribution in [3.8, 4) is 0 Å². The van der Waals surface area contributed by atoms with Gasteiger partial charge in [0.2, 0.25) is 0 Å². The van der Waals surface area contributed by atoms with Crippen molar-refractivity contribution in [2.45, 2.75) is 138 Å². The fraction of sp³-hybridized carbons (Fsp3) is 1.00. The van der Waals surface area contributed by atoms with Crippen molar-refractivity contribution in [2.24, 2.45) is 0 Å². The molecular weight excluding hydrogens is 318 g/mol. The van der Waals surface area contributed by atoms with Gasteiger partial charge in [0.05, 0.1) is 17.5 Å². The van der Waals surface area contributed by atoms with E-state index in [0.29, 0.717) is 0 Å². The minimum Gasteiger partial charge on any atom is -0.0737 e. The van der Waals surface area contributed by atoms with Gasteiger partial charge in [-0.15, -0.1) is 0 Å². The summed E-state index contributed by atoms with van der Waals surface area (Å²) >= 11 is 0. The average molecular weight is 361 g/mol. The topological polar surface area (TPSA) is 0 Å². The molecule has 0 aromatic carbocycles. The Hall–Kier alpha value is 0.495. The van der Waals surface area contributed by atoms with Crippen molar-refractivity contribution in [3.63, 3.8) is 0 Å². The summed E-state index contributed by atoms with van der Waals surface area (Å²) < 4.78 is 0. The smallest absolute Gasteiger partial charge is 0.0737 e. The Balaban J connectivity index is 1.07. The first kappa shape index (κ1) is 18.8. The van der Waals surface area contributed by atoms with Gasteiger partial charge in [-0.2, -0.15) is 0 Å². The largest absolute Gasteiger partial charge is 0.146 e. The van der Waals surface area contributed by atoms with Crippen LogP contribution in [0.4, 0.5) is 0 Å². The molecule has 4 fully saturated rings. The van der Waals surface area contributed by atoms with E-state index in [-0.39, 0.29) is 7.92 Å². The SMILES string of the molecule is C(CCCB1C2CCCC1CCC2)CCC[PH+]1C2CCCC1CCC2. The number of rotatable bonds is 8. The Morgan fingerprint density at radius 1 is 0.560 bits per heavy atom. The molecule has 2 heteroatoms. The van der Waals surface area contributed by atoms with E-state index in [1.54, 1.807) is 122 Å². The fourth-order valence-electron chi connectivity index (χ4n) is 7.52. The molecule has 0 aromatic heterocycles. The highest BCUT2D eigenvalue weighted by Gasteiger charge is 2.41. The Morgan fingerprint density at radius 2 is 1.04 bits per heavy atom. The van der Waals surface area contributed by atoms with Gasteiger partial charge in [0, 0.05) is 7.92 Å². The summed E-state index contributed by atoms with van der Waals surface area (Å²) in [5, 5.41) is 0. The molecule has 0 unspecified atom stereocenters. The van der Waals surface area contributed by atoms with Crippen LogP contribution in [0.25, 0.3) is 0 Å². The third-order valence-corrected chi connectivity index (χ3v) is 13.0. The van der Waals surface area contributed by atoms with E-state index in [2.05, 4.69) is 0 Å². The van der Waals surface area contributed by atoms with Crippen LogP contribution in [0.5, 0.6) is 0 Å². The molecule has 0 aliphatic carbocycles. The highest BCUT2D eigenvalue weighted by atomic mass is 31.1. The molecule has 142 valence electrons. The summed E-state index contributed by atoms with van der Waals surface area (Å²) in [5.41, 5.74) is 2.48. The number of hydrogen-bond acceptors (Lipinski definition) is 0. The van der Waals surface area contributed by atoms with Crippen LogP contribution in [0.3, 0.4) is 0 Å². The van der Waals surface area contributed by atoms with Crippen LogP contribution < -0.4 is 0 Å². The molecule has 0 amide bonds. The predicted octanol–water partition coefficient (Wildman–Crippen LogP) is 7.86. The predicted molar refractivity (Wildman–Crippen MR) is 117 cm³/mol. The van der Waals surface area contributed by atoms with Crippen LogP contribution in [0, 0.1) is 0 Å². The number of fused-ring (bicyclic) bond motifs is 4. The Morgan fingerprint density at radius 3 is 1.64 bits per heavy atom. The molecule has 0 aromatic rings. The first-order valence-electron chi connectivity index (χ1n) is 12.3. The molecule has 0 spiro atoms. The minimum atomic E-state index is 0.0524. The van der Waals surface area contributed by atoms with E-state index >= 15 is 0 Å². The first-order chi connectivity index (χ1) is 12.4. The highest BCUT2D eigenvalue weighted by molar-refractivity contribution is 7.59. The van der Waals surface area contributed by atoms with E-state index in [0.717, 1.165) is 18.3 Å². The molecule has 4 rings (SSSR count). The maximum atomic E-state index is 1.69. The van der Waals surface area contributed by atoms with Crippen LogP contribution >= 0.6 is 7.92 Å². The van der Waals surface area contributed by atoms with E-state index < -0.39 is 0 Å². The van der Waals surface area contributed by atoms with Crippen LogP contribution in [0.2, 0.25) is 18.0 Å². The highest BCUT2D eigenvalue weighted by Crippen LogP contribution is 2.59. The van der Waals surface area contributed by atoms with Crippen LogP contribution in [0.15, 0.2) is 0 Å². The third-order valence-electron chi connectivity index (χ3n) is 8.77. The van der Waals surface area contributed by atoms with Crippen molar-refractivity contribution < 1.29 is 0 Å². The summed E-state index contributed by atoms with van der Waals surface area (Å²) in [5.74, 6) is 2.28. The second-order valence-electron chi connectivity index (χ2n) is 10.2. The molecule has 4 aliphatic rings. The van der Waals surface area contributed by atoms with Gasteiger partial charge in [0.1, 0.15) is 6.71 Å². The molecule has 4 bridgehead atoms. The van der Waals surface area contributed by atoms with Crippen molar-refractivity contribution in [1.29, 1.82) is 0 Å². The molecule has 0 N–H and O–H groups in total. The van der Waals surface area contributed by atoms with Crippen LogP contribution in [-0.4, -0.2) is 24.2 Å². The number of unbranched alkanes of at least 4 members (excludes halogenated alkanes) is 4. The summed E-state index contributed by atoms with van der Waals surface area (Å²) in [6, 6.07) is 0. The summed E-state index contributed by atoms with van der Waals surface area (Å²) in [6.45, 7) is 1.15. The van der Waals surface area contributed by atoms with Gasteiger partial charge >= 0.3 is 0 Å². The van der Waals surface area contributed by atoms with Gasteiger partial charge in [0.15, 0.2) is 0 Å². The average Bonchev–Trinajstić information content (AvgIpc) is 2.60. The van der Waals surface area contributed by atoms with Crippen LogP contribution in [0.1, 0.15) is 109 Å². The summed E-state index contributed by atoms with van der Waals surface area (Å²) in [4.78, 5) is 0. The zero-order valence-electron chi connectivity index (χ0n) is 16.8. The molecule has 0 nitrogen and oxygen atoms in total. The Labute approximate surface area is 159 Å². The van der Waals surface area contributed by atoms with Crippen molar-refractivity contribution in [2.75, 3.05) is 6.16 Å². The molecule has 4 heterocycles. The van der Waals surface area contributed by atoms with Gasteiger partial charge in [-0.3, -0.25) is 0 Å². The Bertz CT molecular complexity index is 318. The second-order valence-corrected chi connectivity index (χ2v) is 13.5. The third kappa shape index (κ3) is 4.86. The molecule has 4 aliphatic heterocycles. The maximum absolute atomic E-state index is 1.69. The summed E-state index contributed by atoms with van der Waals surface area (Å²) in [6.07, 6.45) is 30.1. The Kier molecular flexibility index (Phi) is 7.25. The zero-order chi connectivity index (χ0) is 16.9. The maximum Gasteiger partial charge on any atom is 0.146 e. The van der Waals surface area contributed by atoms with E-state index in [9.17, 15) is 0 Å². The van der Waals surface area contributed by atoms with Gasteiger partial charge in [-0.05, 0) is 51.4 Å². The normalized spacial score (nSPS) is 37.9. The fourth-order valence-corrected chi connectivity index (χ4v) is 12.0. The molecule has 0 saturated carbocycles.